The molecule has 1 aromatic heterocycles. The molecular formula is C19H22O4S. The van der Waals surface area contributed by atoms with Crippen LogP contribution in [0.3, 0.4) is 0 Å². The van der Waals surface area contributed by atoms with E-state index in [1.54, 1.807) is 18.0 Å². The van der Waals surface area contributed by atoms with Crippen molar-refractivity contribution in [2.75, 3.05) is 0 Å². The first-order valence-corrected chi connectivity index (χ1v) is 8.97. The minimum absolute atomic E-state index is 0.0784. The molecule has 2 atom stereocenters. The molecule has 0 bridgehead atoms. The number of aliphatic carboxylic acids is 1. The zero-order valence-corrected chi connectivity index (χ0v) is 14.2. The van der Waals surface area contributed by atoms with Gasteiger partial charge >= 0.3 is 5.97 Å². The summed E-state index contributed by atoms with van der Waals surface area (Å²) in [5, 5.41) is 19.0. The second-order valence-corrected chi connectivity index (χ2v) is 6.64. The molecule has 0 amide bonds. The fraction of sp³-hybridized carbons (Fsp3) is 0.316. The quantitative estimate of drug-likeness (QED) is 0.674. The van der Waals surface area contributed by atoms with Crippen LogP contribution in [0.2, 0.25) is 0 Å². The lowest BCUT2D eigenvalue weighted by Gasteiger charge is -2.19. The normalized spacial score (nSPS) is 13.9. The Balaban J connectivity index is 1.96. The molecule has 0 spiro atoms. The Labute approximate surface area is 146 Å². The fourth-order valence-electron chi connectivity index (χ4n) is 2.26. The Bertz CT molecular complexity index is 622. The summed E-state index contributed by atoms with van der Waals surface area (Å²) in [5.41, 5.74) is 1.07. The van der Waals surface area contributed by atoms with Gasteiger partial charge in [-0.2, -0.15) is 0 Å². The van der Waals surface area contributed by atoms with Crippen molar-refractivity contribution >= 4 is 23.8 Å². The first kappa shape index (κ1) is 18.4. The molecule has 24 heavy (non-hydrogen) atoms. The van der Waals surface area contributed by atoms with E-state index in [0.29, 0.717) is 18.6 Å². The van der Waals surface area contributed by atoms with Crippen LogP contribution in [0.4, 0.5) is 0 Å². The molecule has 0 aliphatic rings. The minimum Gasteiger partial charge on any atom is -0.481 e. The number of furan rings is 1. The maximum Gasteiger partial charge on any atom is 0.303 e. The summed E-state index contributed by atoms with van der Waals surface area (Å²) in [5.74, 6) is 0.685. The van der Waals surface area contributed by atoms with Crippen LogP contribution in [-0.2, 0) is 10.5 Å². The molecular weight excluding hydrogens is 324 g/mol. The lowest BCUT2D eigenvalue weighted by molar-refractivity contribution is -0.137. The number of aliphatic hydroxyl groups excluding tert-OH is 1. The molecule has 4 nitrogen and oxygen atoms in total. The van der Waals surface area contributed by atoms with E-state index in [1.807, 2.05) is 54.6 Å². The molecule has 1 aromatic carbocycles. The smallest absolute Gasteiger partial charge is 0.303 e. The molecule has 0 aliphatic heterocycles. The molecule has 0 saturated carbocycles. The van der Waals surface area contributed by atoms with Crippen LogP contribution in [0, 0.1) is 0 Å². The fourth-order valence-corrected chi connectivity index (χ4v) is 3.33. The van der Waals surface area contributed by atoms with Gasteiger partial charge in [-0.3, -0.25) is 4.79 Å². The first-order chi connectivity index (χ1) is 11.6. The van der Waals surface area contributed by atoms with Crippen LogP contribution in [0.1, 0.15) is 30.6 Å². The maximum atomic E-state index is 10.6. The predicted octanol–water partition coefficient (Wildman–Crippen LogP) is 4.21. The molecule has 0 radical (unpaired) electrons. The Kier molecular flexibility index (Phi) is 7.65. The number of carboxylic acid groups (broad SMARTS) is 1. The highest BCUT2D eigenvalue weighted by Crippen LogP contribution is 2.25. The number of thioether (sulfide) groups is 1. The standard InChI is InChI=1S/C19H22O4S/c20-17(9-4-10-19(21)22)18(24-14-16-8-5-13-23-16)12-11-15-6-2-1-3-7-15/h1-3,5-8,11-13,17-18,20H,4,9-10,14H2,(H,21,22)/t17-,18+/m1/s1. The van der Waals surface area contributed by atoms with E-state index in [0.717, 1.165) is 11.3 Å². The third kappa shape index (κ3) is 6.64. The maximum absolute atomic E-state index is 10.6. The number of rotatable bonds is 10. The largest absolute Gasteiger partial charge is 0.481 e. The topological polar surface area (TPSA) is 70.7 Å². The average molecular weight is 346 g/mol. The summed E-state index contributed by atoms with van der Waals surface area (Å²) >= 11 is 1.59. The van der Waals surface area contributed by atoms with Crippen LogP contribution in [0.25, 0.3) is 6.08 Å². The highest BCUT2D eigenvalue weighted by molar-refractivity contribution is 7.99. The van der Waals surface area contributed by atoms with Gasteiger partial charge in [0.25, 0.3) is 0 Å². The summed E-state index contributed by atoms with van der Waals surface area (Å²) in [6, 6.07) is 13.6. The van der Waals surface area contributed by atoms with Gasteiger partial charge in [0.1, 0.15) is 5.76 Å². The molecule has 0 aliphatic carbocycles. The molecule has 2 aromatic rings. The van der Waals surface area contributed by atoms with Crippen molar-refractivity contribution in [3.63, 3.8) is 0 Å². The summed E-state index contributed by atoms with van der Waals surface area (Å²) in [7, 11) is 0. The number of carbonyl (C=O) groups is 1. The zero-order chi connectivity index (χ0) is 17.2. The summed E-state index contributed by atoms with van der Waals surface area (Å²) in [4.78, 5) is 10.6. The van der Waals surface area contributed by atoms with Crippen LogP contribution in [0.15, 0.2) is 59.2 Å². The lowest BCUT2D eigenvalue weighted by Crippen LogP contribution is -2.21. The van der Waals surface area contributed by atoms with Gasteiger partial charge in [0.15, 0.2) is 0 Å². The van der Waals surface area contributed by atoms with Crippen molar-refractivity contribution in [2.45, 2.75) is 36.4 Å². The van der Waals surface area contributed by atoms with Crippen molar-refractivity contribution in [2.24, 2.45) is 0 Å². The van der Waals surface area contributed by atoms with Crippen molar-refractivity contribution in [1.82, 2.24) is 0 Å². The van der Waals surface area contributed by atoms with Gasteiger partial charge in [-0.05, 0) is 30.5 Å². The van der Waals surface area contributed by atoms with Crippen LogP contribution in [0.5, 0.6) is 0 Å². The average Bonchev–Trinajstić information content (AvgIpc) is 3.09. The third-order valence-electron chi connectivity index (χ3n) is 3.55. The number of hydrogen-bond acceptors (Lipinski definition) is 4. The SMILES string of the molecule is O=C(O)CCC[C@@H](O)[C@H](C=Cc1ccccc1)SCc1ccco1. The number of benzene rings is 1. The second kappa shape index (κ2) is 10.0. The third-order valence-corrected chi connectivity index (χ3v) is 4.85. The van der Waals surface area contributed by atoms with E-state index < -0.39 is 12.1 Å². The molecule has 5 heteroatoms. The van der Waals surface area contributed by atoms with Gasteiger partial charge in [0.05, 0.1) is 18.1 Å². The van der Waals surface area contributed by atoms with Crippen LogP contribution >= 0.6 is 11.8 Å². The molecule has 128 valence electrons. The van der Waals surface area contributed by atoms with Gasteiger partial charge in [0, 0.05) is 11.7 Å². The molecule has 0 unspecified atom stereocenters. The molecule has 0 fully saturated rings. The summed E-state index contributed by atoms with van der Waals surface area (Å²) < 4.78 is 5.33. The van der Waals surface area contributed by atoms with Crippen LogP contribution < -0.4 is 0 Å². The van der Waals surface area contributed by atoms with E-state index in [2.05, 4.69) is 0 Å². The second-order valence-electron chi connectivity index (χ2n) is 5.48. The highest BCUT2D eigenvalue weighted by Gasteiger charge is 2.18. The minimum atomic E-state index is -0.832. The lowest BCUT2D eigenvalue weighted by atomic mass is 10.1. The van der Waals surface area contributed by atoms with Crippen molar-refractivity contribution < 1.29 is 19.4 Å². The Morgan fingerprint density at radius 2 is 2.00 bits per heavy atom. The zero-order valence-electron chi connectivity index (χ0n) is 13.4. The van der Waals surface area contributed by atoms with Crippen LogP contribution in [-0.4, -0.2) is 27.5 Å². The van der Waals surface area contributed by atoms with Gasteiger partial charge in [-0.25, -0.2) is 0 Å². The number of hydrogen-bond donors (Lipinski definition) is 2. The van der Waals surface area contributed by atoms with Crippen molar-refractivity contribution in [3.8, 4) is 0 Å². The van der Waals surface area contributed by atoms with Gasteiger partial charge in [-0.1, -0.05) is 42.5 Å². The Morgan fingerprint density at radius 3 is 2.67 bits per heavy atom. The molecule has 0 saturated heterocycles. The molecule has 1 heterocycles. The molecule has 2 N–H and O–H groups in total. The van der Waals surface area contributed by atoms with E-state index in [1.165, 1.54) is 0 Å². The number of aliphatic hydroxyl groups is 1. The van der Waals surface area contributed by atoms with E-state index in [4.69, 9.17) is 9.52 Å². The number of carboxylic acids is 1. The Hall–Kier alpha value is -1.98. The first-order valence-electron chi connectivity index (χ1n) is 7.92. The predicted molar refractivity (Wildman–Crippen MR) is 96.8 cm³/mol. The van der Waals surface area contributed by atoms with Gasteiger partial charge in [-0.15, -0.1) is 11.8 Å². The summed E-state index contributed by atoms with van der Waals surface area (Å²) in [6.07, 6.45) is 6.01. The van der Waals surface area contributed by atoms with E-state index in [9.17, 15) is 9.90 Å². The van der Waals surface area contributed by atoms with Gasteiger partial charge < -0.3 is 14.6 Å². The van der Waals surface area contributed by atoms with Crippen molar-refractivity contribution in [3.05, 3.63) is 66.1 Å². The van der Waals surface area contributed by atoms with Gasteiger partial charge in [0.2, 0.25) is 0 Å². The highest BCUT2D eigenvalue weighted by atomic mass is 32.2. The Morgan fingerprint density at radius 1 is 1.21 bits per heavy atom. The molecule has 2 rings (SSSR count). The van der Waals surface area contributed by atoms with E-state index in [-0.39, 0.29) is 11.7 Å². The van der Waals surface area contributed by atoms with Crippen molar-refractivity contribution in [1.29, 1.82) is 0 Å². The van der Waals surface area contributed by atoms with E-state index >= 15 is 0 Å². The monoisotopic (exact) mass is 346 g/mol. The summed E-state index contributed by atoms with van der Waals surface area (Å²) in [6.45, 7) is 0.